The van der Waals surface area contributed by atoms with Gasteiger partial charge in [-0.25, -0.2) is 0 Å². The first-order chi connectivity index (χ1) is 13.4. The maximum Gasteiger partial charge on any atom is 0.256 e. The van der Waals surface area contributed by atoms with Crippen LogP contribution in [0.25, 0.3) is 10.8 Å². The molecule has 4 rings (SSSR count). The minimum atomic E-state index is -0.804. The van der Waals surface area contributed by atoms with Crippen molar-refractivity contribution in [2.24, 2.45) is 11.1 Å². The van der Waals surface area contributed by atoms with Gasteiger partial charge in [-0.2, -0.15) is 0 Å². The van der Waals surface area contributed by atoms with E-state index in [1.165, 1.54) is 6.20 Å². The van der Waals surface area contributed by atoms with Gasteiger partial charge in [-0.1, -0.05) is 41.9 Å². The van der Waals surface area contributed by atoms with Crippen molar-refractivity contribution in [3.8, 4) is 0 Å². The number of pyridine rings is 1. The fourth-order valence-electron chi connectivity index (χ4n) is 3.73. The summed E-state index contributed by atoms with van der Waals surface area (Å²) in [7, 11) is 0. The molecule has 0 aliphatic carbocycles. The number of likely N-dealkylation sites (tertiary alicyclic amines) is 1. The Morgan fingerprint density at radius 3 is 2.36 bits per heavy atom. The first kappa shape index (κ1) is 18.3. The summed E-state index contributed by atoms with van der Waals surface area (Å²) in [6.45, 7) is 0.467. The number of primary amides is 1. The Kier molecular flexibility index (Phi) is 4.43. The second-order valence-corrected chi connectivity index (χ2v) is 7.62. The molecule has 1 aromatic heterocycles. The quantitative estimate of drug-likeness (QED) is 0.709. The highest BCUT2D eigenvalue weighted by Crippen LogP contribution is 2.35. The fraction of sp³-hybridized carbons (Fsp3) is 0.190. The van der Waals surface area contributed by atoms with Gasteiger partial charge in [-0.3, -0.25) is 14.4 Å². The molecule has 0 saturated carbocycles. The van der Waals surface area contributed by atoms with Crippen LogP contribution in [0.5, 0.6) is 0 Å². The highest BCUT2D eigenvalue weighted by Gasteiger charge is 2.50. The van der Waals surface area contributed by atoms with Crippen molar-refractivity contribution in [3.63, 3.8) is 0 Å². The van der Waals surface area contributed by atoms with Crippen LogP contribution in [0.15, 0.2) is 59.5 Å². The largest absolute Gasteiger partial charge is 0.369 e. The smallest absolute Gasteiger partial charge is 0.256 e. The van der Waals surface area contributed by atoms with E-state index >= 15 is 0 Å². The van der Waals surface area contributed by atoms with E-state index in [0.717, 1.165) is 5.56 Å². The van der Waals surface area contributed by atoms with Gasteiger partial charge in [0.2, 0.25) is 5.91 Å². The molecule has 1 saturated heterocycles. The van der Waals surface area contributed by atoms with E-state index in [2.05, 4.69) is 4.98 Å². The van der Waals surface area contributed by atoms with Crippen molar-refractivity contribution >= 4 is 34.2 Å². The lowest BCUT2D eigenvalue weighted by Gasteiger charge is -2.48. The highest BCUT2D eigenvalue weighted by molar-refractivity contribution is 6.30. The number of aromatic amines is 1. The molecular formula is C21H18ClN3O3. The lowest BCUT2D eigenvalue weighted by Crippen LogP contribution is -2.64. The Hall–Kier alpha value is -3.12. The van der Waals surface area contributed by atoms with Crippen LogP contribution in [0.3, 0.4) is 0 Å². The van der Waals surface area contributed by atoms with Gasteiger partial charge in [0.05, 0.1) is 11.0 Å². The lowest BCUT2D eigenvalue weighted by molar-refractivity contribution is -0.135. The summed E-state index contributed by atoms with van der Waals surface area (Å²) in [5.74, 6) is -0.668. The predicted molar refractivity (Wildman–Crippen MR) is 107 cm³/mol. The Balaban J connectivity index is 1.58. The average Bonchev–Trinajstić information content (AvgIpc) is 2.66. The molecule has 1 aliphatic rings. The standard InChI is InChI=1S/C21H18ClN3O3/c22-14-7-5-13(6-8-14)9-21(20(23)28)11-25(12-21)19(27)17-10-24-18(26)16-4-2-1-3-15(16)17/h1-8,10H,9,11-12H2,(H2,23,28)(H,24,26). The van der Waals surface area contributed by atoms with E-state index < -0.39 is 11.3 Å². The minimum absolute atomic E-state index is 0.233. The van der Waals surface area contributed by atoms with Gasteiger partial charge in [0.1, 0.15) is 0 Å². The molecule has 0 radical (unpaired) electrons. The number of nitrogens with one attached hydrogen (secondary N) is 1. The zero-order chi connectivity index (χ0) is 19.9. The number of nitrogens with zero attached hydrogens (tertiary/aromatic N) is 1. The first-order valence-corrected chi connectivity index (χ1v) is 9.21. The van der Waals surface area contributed by atoms with Crippen molar-refractivity contribution < 1.29 is 9.59 Å². The van der Waals surface area contributed by atoms with Crippen LogP contribution in [0.1, 0.15) is 15.9 Å². The van der Waals surface area contributed by atoms with Crippen molar-refractivity contribution in [2.75, 3.05) is 13.1 Å². The van der Waals surface area contributed by atoms with Crippen LogP contribution in [0.4, 0.5) is 0 Å². The van der Waals surface area contributed by atoms with E-state index in [4.69, 9.17) is 17.3 Å². The van der Waals surface area contributed by atoms with E-state index in [0.29, 0.717) is 27.8 Å². The summed E-state index contributed by atoms with van der Waals surface area (Å²) < 4.78 is 0. The van der Waals surface area contributed by atoms with Gasteiger partial charge in [0.25, 0.3) is 11.5 Å². The number of rotatable bonds is 4. The van der Waals surface area contributed by atoms with Gasteiger partial charge < -0.3 is 15.6 Å². The number of H-pyrrole nitrogens is 1. The Morgan fingerprint density at radius 2 is 1.71 bits per heavy atom. The summed E-state index contributed by atoms with van der Waals surface area (Å²) in [6.07, 6.45) is 1.87. The minimum Gasteiger partial charge on any atom is -0.369 e. The SMILES string of the molecule is NC(=O)C1(Cc2ccc(Cl)cc2)CN(C(=O)c2c[nH]c(=O)c3ccccc23)C1. The number of fused-ring (bicyclic) bond motifs is 1. The highest BCUT2D eigenvalue weighted by atomic mass is 35.5. The van der Waals surface area contributed by atoms with Crippen LogP contribution in [0, 0.1) is 5.41 Å². The maximum atomic E-state index is 13.0. The zero-order valence-corrected chi connectivity index (χ0v) is 15.7. The second-order valence-electron chi connectivity index (χ2n) is 7.19. The number of carbonyl (C=O) groups is 2. The number of carbonyl (C=O) groups excluding carboxylic acids is 2. The predicted octanol–water partition coefficient (Wildman–Crippen LogP) is 2.35. The van der Waals surface area contributed by atoms with Crippen molar-refractivity contribution in [1.82, 2.24) is 9.88 Å². The number of halogens is 1. The van der Waals surface area contributed by atoms with Gasteiger partial charge in [0, 0.05) is 35.1 Å². The monoisotopic (exact) mass is 395 g/mol. The van der Waals surface area contributed by atoms with Crippen molar-refractivity contribution in [3.05, 3.63) is 81.2 Å². The molecule has 0 spiro atoms. The number of hydrogen-bond acceptors (Lipinski definition) is 3. The summed E-state index contributed by atoms with van der Waals surface area (Å²) in [5, 5.41) is 1.66. The van der Waals surface area contributed by atoms with Gasteiger partial charge in [-0.05, 0) is 30.2 Å². The number of benzene rings is 2. The molecule has 0 bridgehead atoms. The van der Waals surface area contributed by atoms with E-state index in [-0.39, 0.29) is 24.6 Å². The summed E-state index contributed by atoms with van der Waals surface area (Å²) in [4.78, 5) is 41.3. The lowest BCUT2D eigenvalue weighted by atomic mass is 9.73. The normalized spacial score (nSPS) is 15.2. The Labute approximate surface area is 165 Å². The van der Waals surface area contributed by atoms with E-state index in [9.17, 15) is 14.4 Å². The third-order valence-electron chi connectivity index (χ3n) is 5.29. The molecule has 3 N–H and O–H groups in total. The molecule has 3 aromatic rings. The van der Waals surface area contributed by atoms with Gasteiger partial charge >= 0.3 is 0 Å². The van der Waals surface area contributed by atoms with E-state index in [1.54, 1.807) is 41.3 Å². The number of hydrogen-bond donors (Lipinski definition) is 2. The zero-order valence-electron chi connectivity index (χ0n) is 14.9. The first-order valence-electron chi connectivity index (χ1n) is 8.84. The topological polar surface area (TPSA) is 96.3 Å². The van der Waals surface area contributed by atoms with Crippen LogP contribution in [-0.2, 0) is 11.2 Å². The van der Waals surface area contributed by atoms with E-state index in [1.807, 2.05) is 12.1 Å². The molecule has 2 aromatic carbocycles. The van der Waals surface area contributed by atoms with Gasteiger partial charge in [-0.15, -0.1) is 0 Å². The summed E-state index contributed by atoms with van der Waals surface area (Å²) in [6, 6.07) is 14.2. The molecule has 2 amide bonds. The average molecular weight is 396 g/mol. The Morgan fingerprint density at radius 1 is 1.07 bits per heavy atom. The fourth-order valence-corrected chi connectivity index (χ4v) is 3.86. The number of aromatic nitrogens is 1. The number of amides is 2. The molecule has 6 nitrogen and oxygen atoms in total. The second kappa shape index (κ2) is 6.80. The van der Waals surface area contributed by atoms with Crippen molar-refractivity contribution in [2.45, 2.75) is 6.42 Å². The van der Waals surface area contributed by atoms with Crippen LogP contribution in [0.2, 0.25) is 5.02 Å². The van der Waals surface area contributed by atoms with Crippen LogP contribution in [-0.4, -0.2) is 34.8 Å². The molecule has 142 valence electrons. The third-order valence-corrected chi connectivity index (χ3v) is 5.54. The molecule has 1 fully saturated rings. The van der Waals surface area contributed by atoms with Crippen LogP contribution < -0.4 is 11.3 Å². The maximum absolute atomic E-state index is 13.0. The van der Waals surface area contributed by atoms with Crippen LogP contribution >= 0.6 is 11.6 Å². The summed E-state index contributed by atoms with van der Waals surface area (Å²) in [5.41, 5.74) is 5.96. The molecular weight excluding hydrogens is 378 g/mol. The summed E-state index contributed by atoms with van der Waals surface area (Å²) >= 11 is 5.91. The molecule has 0 atom stereocenters. The molecule has 1 aliphatic heterocycles. The van der Waals surface area contributed by atoms with Crippen molar-refractivity contribution in [1.29, 1.82) is 0 Å². The number of nitrogens with two attached hydrogens (primary N) is 1. The Bertz CT molecular complexity index is 1130. The molecule has 28 heavy (non-hydrogen) atoms. The molecule has 2 heterocycles. The van der Waals surface area contributed by atoms with Gasteiger partial charge in [0.15, 0.2) is 0 Å². The molecule has 7 heteroatoms. The molecule has 0 unspecified atom stereocenters. The third kappa shape index (κ3) is 3.05.